The lowest BCUT2D eigenvalue weighted by Crippen LogP contribution is -2.19. The number of nitrogens with one attached hydrogen (secondary N) is 2. The van der Waals surface area contributed by atoms with Crippen LogP contribution in [0, 0.1) is 0 Å². The van der Waals surface area contributed by atoms with Gasteiger partial charge in [0.1, 0.15) is 5.56 Å². The summed E-state index contributed by atoms with van der Waals surface area (Å²) in [6, 6.07) is 3.40. The molecule has 0 saturated heterocycles. The topological polar surface area (TPSA) is 112 Å². The third-order valence-corrected chi connectivity index (χ3v) is 3.60. The minimum Gasteiger partial charge on any atom is -0.505 e. The zero-order valence-electron chi connectivity index (χ0n) is 9.75. The summed E-state index contributed by atoms with van der Waals surface area (Å²) in [6.07, 6.45) is 1.53. The highest BCUT2D eigenvalue weighted by Gasteiger charge is 2.15. The van der Waals surface area contributed by atoms with Crippen molar-refractivity contribution in [3.8, 4) is 5.75 Å². The molecule has 0 aliphatic heterocycles. The maximum atomic E-state index is 11.7. The molecule has 0 fully saturated rings. The van der Waals surface area contributed by atoms with E-state index in [4.69, 9.17) is 5.11 Å². The van der Waals surface area contributed by atoms with E-state index in [1.807, 2.05) is 0 Å². The molecule has 0 saturated carbocycles. The van der Waals surface area contributed by atoms with Crippen LogP contribution in [0.1, 0.15) is 10.4 Å². The summed E-state index contributed by atoms with van der Waals surface area (Å²) in [5.74, 6) is -1.79. The minimum atomic E-state index is -1.28. The third kappa shape index (κ3) is 3.25. The number of aromatic carboxylic acids is 1. The summed E-state index contributed by atoms with van der Waals surface area (Å²) in [5, 5.41) is 23.8. The molecule has 2 aromatic rings. The number of hydrogen-bond donors (Lipinski definition) is 4. The van der Waals surface area contributed by atoms with Crippen LogP contribution in [0.4, 0.5) is 15.6 Å². The van der Waals surface area contributed by atoms with E-state index in [9.17, 15) is 14.7 Å². The number of thiazole rings is 1. The van der Waals surface area contributed by atoms with Crippen molar-refractivity contribution in [2.75, 3.05) is 10.6 Å². The number of urea groups is 1. The molecule has 9 heteroatoms. The van der Waals surface area contributed by atoms with Gasteiger partial charge in [-0.3, -0.25) is 5.32 Å². The molecular weight excluding hydrogens is 350 g/mol. The van der Waals surface area contributed by atoms with Crippen molar-refractivity contribution in [2.24, 2.45) is 0 Å². The van der Waals surface area contributed by atoms with Crippen LogP contribution >= 0.6 is 27.3 Å². The fraction of sp³-hybridized carbons (Fsp3) is 0. The normalized spacial score (nSPS) is 10.1. The fourth-order valence-electron chi connectivity index (χ4n) is 1.38. The number of aromatic hydroxyl groups is 1. The third-order valence-electron chi connectivity index (χ3n) is 2.21. The Morgan fingerprint density at radius 1 is 1.30 bits per heavy atom. The zero-order chi connectivity index (χ0) is 14.7. The number of benzene rings is 1. The Kier molecular flexibility index (Phi) is 4.20. The first-order valence-corrected chi connectivity index (χ1v) is 6.83. The molecule has 1 aromatic carbocycles. The average Bonchev–Trinajstić information content (AvgIpc) is 2.77. The number of carbonyl (C=O) groups is 2. The Balaban J connectivity index is 2.12. The zero-order valence-corrected chi connectivity index (χ0v) is 12.2. The van der Waals surface area contributed by atoms with Crippen LogP contribution in [0.3, 0.4) is 0 Å². The quantitative estimate of drug-likeness (QED) is 0.631. The van der Waals surface area contributed by atoms with E-state index in [0.717, 1.165) is 3.79 Å². The average molecular weight is 358 g/mol. The fourth-order valence-corrected chi connectivity index (χ4v) is 2.48. The molecule has 2 amide bonds. The molecule has 4 N–H and O–H groups in total. The van der Waals surface area contributed by atoms with E-state index in [1.165, 1.54) is 35.7 Å². The highest BCUT2D eigenvalue weighted by Crippen LogP contribution is 2.28. The summed E-state index contributed by atoms with van der Waals surface area (Å²) in [6.45, 7) is 0. The summed E-state index contributed by atoms with van der Waals surface area (Å²) < 4.78 is 0.753. The molecule has 2 rings (SSSR count). The predicted molar refractivity (Wildman–Crippen MR) is 77.5 cm³/mol. The van der Waals surface area contributed by atoms with Crippen molar-refractivity contribution in [1.82, 2.24) is 4.98 Å². The van der Waals surface area contributed by atoms with Gasteiger partial charge in [-0.05, 0) is 28.1 Å². The summed E-state index contributed by atoms with van der Waals surface area (Å²) in [7, 11) is 0. The Hall–Kier alpha value is -2.13. The number of phenols is 1. The van der Waals surface area contributed by atoms with Crippen LogP contribution < -0.4 is 10.6 Å². The summed E-state index contributed by atoms with van der Waals surface area (Å²) in [4.78, 5) is 26.5. The standard InChI is InChI=1S/C11H8BrN3O4S/c12-7-4-13-11(20-7)15-10(19)14-6-3-1-2-5(8(6)16)9(17)18/h1-4,16H,(H,17,18)(H2,13,14,15,19). The number of rotatable bonds is 3. The second-order valence-electron chi connectivity index (χ2n) is 3.56. The van der Waals surface area contributed by atoms with E-state index in [-0.39, 0.29) is 11.3 Å². The lowest BCUT2D eigenvalue weighted by Gasteiger charge is -2.08. The monoisotopic (exact) mass is 357 g/mol. The number of nitrogens with zero attached hydrogens (tertiary/aromatic N) is 1. The smallest absolute Gasteiger partial charge is 0.339 e. The number of halogens is 1. The van der Waals surface area contributed by atoms with E-state index < -0.39 is 17.7 Å². The first kappa shape index (κ1) is 14.3. The number of aromatic nitrogens is 1. The number of hydrogen-bond acceptors (Lipinski definition) is 5. The van der Waals surface area contributed by atoms with Gasteiger partial charge in [-0.1, -0.05) is 17.4 Å². The van der Waals surface area contributed by atoms with Crippen molar-refractivity contribution in [1.29, 1.82) is 0 Å². The van der Waals surface area contributed by atoms with E-state index in [2.05, 4.69) is 31.5 Å². The van der Waals surface area contributed by atoms with Gasteiger partial charge in [0, 0.05) is 0 Å². The SMILES string of the molecule is O=C(Nc1ncc(Br)s1)Nc1cccc(C(=O)O)c1O. The predicted octanol–water partition coefficient (Wildman–Crippen LogP) is 2.95. The van der Waals surface area contributed by atoms with E-state index >= 15 is 0 Å². The lowest BCUT2D eigenvalue weighted by atomic mass is 10.2. The van der Waals surface area contributed by atoms with Gasteiger partial charge < -0.3 is 15.5 Å². The van der Waals surface area contributed by atoms with Gasteiger partial charge >= 0.3 is 12.0 Å². The van der Waals surface area contributed by atoms with Crippen LogP contribution in [-0.4, -0.2) is 27.2 Å². The molecule has 0 bridgehead atoms. The largest absolute Gasteiger partial charge is 0.505 e. The van der Waals surface area contributed by atoms with Gasteiger partial charge in [0.05, 0.1) is 15.7 Å². The Bertz CT molecular complexity index is 673. The van der Waals surface area contributed by atoms with Gasteiger partial charge in [-0.25, -0.2) is 14.6 Å². The molecule has 0 aliphatic rings. The molecule has 1 aromatic heterocycles. The van der Waals surface area contributed by atoms with Gasteiger partial charge in [-0.15, -0.1) is 0 Å². The molecular formula is C11H8BrN3O4S. The number of carboxylic acids is 1. The number of carboxylic acid groups (broad SMARTS) is 1. The maximum absolute atomic E-state index is 11.7. The van der Waals surface area contributed by atoms with Crippen LogP contribution in [0.25, 0.3) is 0 Å². The van der Waals surface area contributed by atoms with Gasteiger partial charge in [-0.2, -0.15) is 0 Å². The minimum absolute atomic E-state index is 0.00183. The highest BCUT2D eigenvalue weighted by atomic mass is 79.9. The van der Waals surface area contributed by atoms with Gasteiger partial charge in [0.2, 0.25) is 0 Å². The first-order chi connectivity index (χ1) is 9.47. The summed E-state index contributed by atoms with van der Waals surface area (Å²) >= 11 is 4.42. The van der Waals surface area contributed by atoms with Crippen LogP contribution in [0.2, 0.25) is 0 Å². The Morgan fingerprint density at radius 2 is 2.05 bits per heavy atom. The van der Waals surface area contributed by atoms with Crippen molar-refractivity contribution in [3.05, 3.63) is 33.7 Å². The Labute approximate surface area is 125 Å². The number of amides is 2. The van der Waals surface area contributed by atoms with Crippen molar-refractivity contribution in [3.63, 3.8) is 0 Å². The first-order valence-electron chi connectivity index (χ1n) is 5.22. The van der Waals surface area contributed by atoms with Crippen LogP contribution in [-0.2, 0) is 0 Å². The lowest BCUT2D eigenvalue weighted by molar-refractivity contribution is 0.0694. The van der Waals surface area contributed by atoms with Crippen LogP contribution in [0.5, 0.6) is 5.75 Å². The molecule has 20 heavy (non-hydrogen) atoms. The molecule has 0 radical (unpaired) electrons. The van der Waals surface area contributed by atoms with Crippen molar-refractivity contribution >= 4 is 50.1 Å². The highest BCUT2D eigenvalue weighted by molar-refractivity contribution is 9.11. The Morgan fingerprint density at radius 3 is 2.65 bits per heavy atom. The molecule has 104 valence electrons. The molecule has 0 atom stereocenters. The maximum Gasteiger partial charge on any atom is 0.339 e. The molecule has 0 spiro atoms. The number of anilines is 2. The molecule has 0 unspecified atom stereocenters. The number of para-hydroxylation sites is 1. The molecule has 1 heterocycles. The van der Waals surface area contributed by atoms with Gasteiger partial charge in [0.25, 0.3) is 0 Å². The van der Waals surface area contributed by atoms with E-state index in [0.29, 0.717) is 5.13 Å². The molecule has 0 aliphatic carbocycles. The number of carbonyl (C=O) groups excluding carboxylic acids is 1. The second kappa shape index (κ2) is 5.88. The van der Waals surface area contributed by atoms with E-state index in [1.54, 1.807) is 0 Å². The van der Waals surface area contributed by atoms with Gasteiger partial charge in [0.15, 0.2) is 10.9 Å². The van der Waals surface area contributed by atoms with Crippen molar-refractivity contribution < 1.29 is 19.8 Å². The summed E-state index contributed by atoms with van der Waals surface area (Å²) in [5.41, 5.74) is -0.294. The van der Waals surface area contributed by atoms with Crippen molar-refractivity contribution in [2.45, 2.75) is 0 Å². The molecule has 7 nitrogen and oxygen atoms in total. The van der Waals surface area contributed by atoms with Crippen LogP contribution in [0.15, 0.2) is 28.2 Å². The second-order valence-corrected chi connectivity index (χ2v) is 5.97.